The van der Waals surface area contributed by atoms with Gasteiger partial charge in [-0.2, -0.15) is 0 Å². The van der Waals surface area contributed by atoms with E-state index in [1.807, 2.05) is 12.1 Å². The molecular weight excluding hydrogens is 238 g/mol. The molecule has 19 heavy (non-hydrogen) atoms. The standard InChI is InChI=1S/C16H13NO2/c18-7-13-15-11-5-6-12(16(15)14(8-19)17-13)10-4-2-1-3-9(10)11/h1-4,7-8,11-12,17H,5-6H2. The van der Waals surface area contributed by atoms with Gasteiger partial charge in [-0.05, 0) is 35.1 Å². The summed E-state index contributed by atoms with van der Waals surface area (Å²) in [5, 5.41) is 0. The Hall–Kier alpha value is -2.16. The summed E-state index contributed by atoms with van der Waals surface area (Å²) in [5.41, 5.74) is 5.94. The Balaban J connectivity index is 2.05. The summed E-state index contributed by atoms with van der Waals surface area (Å²) in [6, 6.07) is 8.40. The number of aromatic nitrogens is 1. The maximum atomic E-state index is 11.2. The van der Waals surface area contributed by atoms with Crippen LogP contribution in [0.15, 0.2) is 24.3 Å². The quantitative estimate of drug-likeness (QED) is 0.834. The molecule has 0 radical (unpaired) electrons. The van der Waals surface area contributed by atoms with Crippen molar-refractivity contribution >= 4 is 12.6 Å². The van der Waals surface area contributed by atoms with Gasteiger partial charge in [0.2, 0.25) is 0 Å². The van der Waals surface area contributed by atoms with Gasteiger partial charge in [0.15, 0.2) is 12.6 Å². The Morgan fingerprint density at radius 1 is 0.895 bits per heavy atom. The van der Waals surface area contributed by atoms with Crippen molar-refractivity contribution in [3.8, 4) is 0 Å². The van der Waals surface area contributed by atoms with Crippen molar-refractivity contribution in [3.05, 3.63) is 57.9 Å². The minimum Gasteiger partial charge on any atom is -0.350 e. The van der Waals surface area contributed by atoms with E-state index in [1.54, 1.807) is 0 Å². The van der Waals surface area contributed by atoms with E-state index in [9.17, 15) is 9.59 Å². The first kappa shape index (κ1) is 10.7. The highest BCUT2D eigenvalue weighted by Crippen LogP contribution is 2.54. The fourth-order valence-electron chi connectivity index (χ4n) is 3.90. The fraction of sp³-hybridized carbons (Fsp3) is 0.250. The van der Waals surface area contributed by atoms with E-state index in [0.717, 1.165) is 36.5 Å². The Bertz CT molecular complexity index is 641. The molecule has 2 unspecified atom stereocenters. The minimum atomic E-state index is 0.265. The van der Waals surface area contributed by atoms with Gasteiger partial charge in [-0.15, -0.1) is 0 Å². The molecule has 0 saturated carbocycles. The number of carbonyl (C=O) groups excluding carboxylic acids is 2. The van der Waals surface area contributed by atoms with E-state index >= 15 is 0 Å². The smallest absolute Gasteiger partial charge is 0.166 e. The summed E-state index contributed by atoms with van der Waals surface area (Å²) in [6.45, 7) is 0. The van der Waals surface area contributed by atoms with Gasteiger partial charge >= 0.3 is 0 Å². The van der Waals surface area contributed by atoms with Gasteiger partial charge in [-0.1, -0.05) is 24.3 Å². The van der Waals surface area contributed by atoms with Crippen molar-refractivity contribution in [2.75, 3.05) is 0 Å². The van der Waals surface area contributed by atoms with Crippen LogP contribution in [0.25, 0.3) is 0 Å². The summed E-state index contributed by atoms with van der Waals surface area (Å²) in [6.07, 6.45) is 3.81. The highest BCUT2D eigenvalue weighted by Gasteiger charge is 2.41. The highest BCUT2D eigenvalue weighted by atomic mass is 16.1. The Labute approximate surface area is 110 Å². The molecule has 0 saturated heterocycles. The van der Waals surface area contributed by atoms with Gasteiger partial charge in [-0.3, -0.25) is 9.59 Å². The molecule has 3 heteroatoms. The van der Waals surface area contributed by atoms with Crippen LogP contribution in [0.3, 0.4) is 0 Å². The first-order valence-electron chi connectivity index (χ1n) is 6.60. The van der Waals surface area contributed by atoms with Crippen molar-refractivity contribution in [2.24, 2.45) is 0 Å². The molecule has 0 fully saturated rings. The van der Waals surface area contributed by atoms with Crippen molar-refractivity contribution in [3.63, 3.8) is 0 Å². The van der Waals surface area contributed by atoms with E-state index in [-0.39, 0.29) is 11.8 Å². The van der Waals surface area contributed by atoms with E-state index < -0.39 is 0 Å². The van der Waals surface area contributed by atoms with E-state index in [0.29, 0.717) is 11.4 Å². The van der Waals surface area contributed by atoms with Gasteiger partial charge in [0.25, 0.3) is 0 Å². The average molecular weight is 251 g/mol. The molecule has 1 N–H and O–H groups in total. The van der Waals surface area contributed by atoms with Crippen LogP contribution in [0.2, 0.25) is 0 Å². The number of hydrogen-bond acceptors (Lipinski definition) is 2. The zero-order valence-corrected chi connectivity index (χ0v) is 10.3. The second-order valence-corrected chi connectivity index (χ2v) is 5.33. The maximum absolute atomic E-state index is 11.2. The number of benzene rings is 1. The van der Waals surface area contributed by atoms with E-state index in [1.165, 1.54) is 11.1 Å². The normalized spacial score (nSPS) is 22.7. The molecular formula is C16H13NO2. The van der Waals surface area contributed by atoms with Gasteiger partial charge in [-0.25, -0.2) is 0 Å². The number of H-pyrrole nitrogens is 1. The number of nitrogens with one attached hydrogen (secondary N) is 1. The molecule has 2 atom stereocenters. The average Bonchev–Trinajstić information content (AvgIpc) is 2.88. The lowest BCUT2D eigenvalue weighted by Crippen LogP contribution is -2.25. The molecule has 94 valence electrons. The van der Waals surface area contributed by atoms with E-state index in [4.69, 9.17) is 0 Å². The van der Waals surface area contributed by atoms with Crippen LogP contribution in [0.4, 0.5) is 0 Å². The summed E-state index contributed by atoms with van der Waals surface area (Å²) >= 11 is 0. The maximum Gasteiger partial charge on any atom is 0.166 e. The number of hydrogen-bond donors (Lipinski definition) is 1. The summed E-state index contributed by atoms with van der Waals surface area (Å²) in [4.78, 5) is 25.5. The summed E-state index contributed by atoms with van der Waals surface area (Å²) < 4.78 is 0. The minimum absolute atomic E-state index is 0.265. The third kappa shape index (κ3) is 1.22. The number of carbonyl (C=O) groups is 2. The molecule has 1 aromatic carbocycles. The SMILES string of the molecule is O=Cc1[nH]c(C=O)c2c1C1CCC2c2ccccc21. The number of fused-ring (bicyclic) bond motifs is 1. The zero-order valence-electron chi connectivity index (χ0n) is 10.3. The molecule has 3 aliphatic rings. The molecule has 0 aliphatic heterocycles. The molecule has 1 aromatic heterocycles. The van der Waals surface area contributed by atoms with Crippen molar-refractivity contribution in [1.82, 2.24) is 4.98 Å². The Kier molecular flexibility index (Phi) is 2.07. The third-order valence-corrected chi connectivity index (χ3v) is 4.56. The molecule has 3 aliphatic carbocycles. The van der Waals surface area contributed by atoms with Gasteiger partial charge in [0.05, 0.1) is 11.4 Å². The first-order chi connectivity index (χ1) is 9.35. The predicted octanol–water partition coefficient (Wildman–Crippen LogP) is 3.01. The van der Waals surface area contributed by atoms with Crippen molar-refractivity contribution in [1.29, 1.82) is 0 Å². The van der Waals surface area contributed by atoms with Crippen LogP contribution in [-0.4, -0.2) is 17.6 Å². The van der Waals surface area contributed by atoms with Crippen molar-refractivity contribution < 1.29 is 9.59 Å². The molecule has 1 heterocycles. The molecule has 0 spiro atoms. The lowest BCUT2D eigenvalue weighted by molar-refractivity contribution is 0.111. The monoisotopic (exact) mass is 251 g/mol. The van der Waals surface area contributed by atoms with Gasteiger partial charge in [0, 0.05) is 11.8 Å². The Morgan fingerprint density at radius 2 is 1.37 bits per heavy atom. The van der Waals surface area contributed by atoms with Crippen molar-refractivity contribution in [2.45, 2.75) is 24.7 Å². The van der Waals surface area contributed by atoms with E-state index in [2.05, 4.69) is 17.1 Å². The van der Waals surface area contributed by atoms with Crippen LogP contribution < -0.4 is 0 Å². The highest BCUT2D eigenvalue weighted by molar-refractivity contribution is 5.86. The number of aldehydes is 2. The van der Waals surface area contributed by atoms with Crippen LogP contribution in [0.1, 0.15) is 67.9 Å². The third-order valence-electron chi connectivity index (χ3n) is 4.56. The predicted molar refractivity (Wildman–Crippen MR) is 70.9 cm³/mol. The summed E-state index contributed by atoms with van der Waals surface area (Å²) in [7, 11) is 0. The molecule has 5 rings (SSSR count). The van der Waals surface area contributed by atoms with Gasteiger partial charge in [0.1, 0.15) is 0 Å². The number of rotatable bonds is 2. The second-order valence-electron chi connectivity index (χ2n) is 5.33. The first-order valence-corrected chi connectivity index (χ1v) is 6.60. The van der Waals surface area contributed by atoms with Crippen LogP contribution >= 0.6 is 0 Å². The molecule has 2 aromatic rings. The fourth-order valence-corrected chi connectivity index (χ4v) is 3.90. The van der Waals surface area contributed by atoms with Crippen LogP contribution in [-0.2, 0) is 0 Å². The van der Waals surface area contributed by atoms with Crippen LogP contribution in [0, 0.1) is 0 Å². The van der Waals surface area contributed by atoms with Crippen LogP contribution in [0.5, 0.6) is 0 Å². The second kappa shape index (κ2) is 3.67. The van der Waals surface area contributed by atoms with Gasteiger partial charge < -0.3 is 4.98 Å². The topological polar surface area (TPSA) is 49.9 Å². The Morgan fingerprint density at radius 3 is 1.79 bits per heavy atom. The zero-order chi connectivity index (χ0) is 13.0. The molecule has 3 nitrogen and oxygen atoms in total. The largest absolute Gasteiger partial charge is 0.350 e. The lowest BCUT2D eigenvalue weighted by Gasteiger charge is -2.39. The number of aromatic amines is 1. The molecule has 2 bridgehead atoms. The molecule has 0 amide bonds. The summed E-state index contributed by atoms with van der Waals surface area (Å²) in [5.74, 6) is 0.530. The lowest BCUT2D eigenvalue weighted by atomic mass is 9.64.